The van der Waals surface area contributed by atoms with E-state index in [1.165, 1.54) is 15.9 Å². The van der Waals surface area contributed by atoms with E-state index < -0.39 is 51.4 Å². The highest BCUT2D eigenvalue weighted by Crippen LogP contribution is 2.38. The van der Waals surface area contributed by atoms with Crippen LogP contribution in [-0.4, -0.2) is 62.8 Å². The average Bonchev–Trinajstić information content (AvgIpc) is 3.04. The van der Waals surface area contributed by atoms with E-state index in [0.29, 0.717) is 18.7 Å². The Morgan fingerprint density at radius 2 is 1.77 bits per heavy atom. The first-order valence-corrected chi connectivity index (χ1v) is 16.3. The quantitative estimate of drug-likeness (QED) is 0.364. The summed E-state index contributed by atoms with van der Waals surface area (Å²) >= 11 is 0. The molecule has 44 heavy (non-hydrogen) atoms. The lowest BCUT2D eigenvalue weighted by atomic mass is 9.98. The molecule has 1 aliphatic heterocycles. The number of nitriles is 1. The van der Waals surface area contributed by atoms with Crippen LogP contribution in [0.1, 0.15) is 43.9 Å². The van der Waals surface area contributed by atoms with Crippen LogP contribution in [0.4, 0.5) is 11.4 Å². The van der Waals surface area contributed by atoms with Gasteiger partial charge in [0.15, 0.2) is 9.84 Å². The zero-order valence-electron chi connectivity index (χ0n) is 25.5. The number of carbonyl (C=O) groups is 3. The second-order valence-electron chi connectivity index (χ2n) is 10.9. The minimum Gasteiger partial charge on any atom is -0.341 e. The van der Waals surface area contributed by atoms with Crippen molar-refractivity contribution in [3.05, 3.63) is 71.3 Å². The molecule has 1 aliphatic rings. The third kappa shape index (κ3) is 7.21. The molecule has 3 aromatic rings. The number of likely N-dealkylation sites (N-methyl/N-ethyl adjacent to an activating group) is 1. The number of amides is 3. The number of hydrogen-bond acceptors (Lipinski definition) is 7. The van der Waals surface area contributed by atoms with E-state index in [-0.39, 0.29) is 30.2 Å². The Hall–Kier alpha value is -3.98. The first-order chi connectivity index (χ1) is 20.4. The summed E-state index contributed by atoms with van der Waals surface area (Å²) in [5.74, 6) is -2.43. The number of aryl methyl sites for hydroxylation is 1. The van der Waals surface area contributed by atoms with Gasteiger partial charge in [-0.25, -0.2) is 8.42 Å². The topological polar surface area (TPSA) is 140 Å². The molecule has 12 heteroatoms. The zero-order chi connectivity index (χ0) is 31.5. The maximum absolute atomic E-state index is 14.6. The lowest BCUT2D eigenvalue weighted by Gasteiger charge is -2.33. The molecule has 4 rings (SSSR count). The summed E-state index contributed by atoms with van der Waals surface area (Å²) < 4.78 is 24.5. The molecule has 10 nitrogen and oxygen atoms in total. The predicted molar refractivity (Wildman–Crippen MR) is 175 cm³/mol. The van der Waals surface area contributed by atoms with Crippen LogP contribution in [0, 0.1) is 18.3 Å². The Morgan fingerprint density at radius 3 is 2.41 bits per heavy atom. The highest BCUT2D eigenvalue weighted by atomic mass is 35.5. The molecule has 0 aromatic heterocycles. The van der Waals surface area contributed by atoms with Gasteiger partial charge in [-0.05, 0) is 66.9 Å². The highest BCUT2D eigenvalue weighted by Gasteiger charge is 2.43. The third-order valence-electron chi connectivity index (χ3n) is 7.80. The molecule has 3 aromatic carbocycles. The zero-order valence-corrected chi connectivity index (χ0v) is 27.1. The molecule has 234 valence electrons. The number of halogens is 1. The normalized spacial score (nSPS) is 17.2. The second-order valence-corrected chi connectivity index (χ2v) is 13.0. The molecule has 0 aliphatic carbocycles. The van der Waals surface area contributed by atoms with Crippen molar-refractivity contribution in [1.29, 1.82) is 5.26 Å². The van der Waals surface area contributed by atoms with Crippen LogP contribution in [0.15, 0.2) is 54.6 Å². The van der Waals surface area contributed by atoms with Gasteiger partial charge in [0.25, 0.3) is 5.91 Å². The molecule has 0 spiro atoms. The van der Waals surface area contributed by atoms with Gasteiger partial charge in [-0.2, -0.15) is 5.26 Å². The van der Waals surface area contributed by atoms with Crippen LogP contribution in [0.3, 0.4) is 0 Å². The fourth-order valence-corrected chi connectivity index (χ4v) is 6.20. The van der Waals surface area contributed by atoms with E-state index >= 15 is 0 Å². The van der Waals surface area contributed by atoms with E-state index in [0.717, 1.165) is 28.2 Å². The van der Waals surface area contributed by atoms with E-state index in [9.17, 15) is 28.1 Å². The standard InChI is InChI=1S/C32H37N5O5S.ClH/c1-6-26(34-7-2)31(39)35-30-21(4)37(29(38)19-43(5,41)42)28-16-22(17-33)13-15-27(28)36(32(30)40)18-25-20(3)12-14-23-10-8-9-11-24(23)25;/h8-16,21,26,30,34H,6-7,18-19H2,1-5H3,(H,35,39);1H/t21-,26?,30-;/m0./s1. The van der Waals surface area contributed by atoms with Gasteiger partial charge in [-0.1, -0.05) is 50.2 Å². The van der Waals surface area contributed by atoms with Gasteiger partial charge in [0, 0.05) is 6.26 Å². The van der Waals surface area contributed by atoms with Gasteiger partial charge in [0.1, 0.15) is 11.8 Å². The summed E-state index contributed by atoms with van der Waals surface area (Å²) in [6.07, 6.45) is 1.43. The molecule has 0 saturated heterocycles. The number of nitrogens with zero attached hydrogens (tertiary/aromatic N) is 3. The number of benzene rings is 3. The number of nitrogens with one attached hydrogen (secondary N) is 2. The van der Waals surface area contributed by atoms with Crippen LogP contribution in [0.5, 0.6) is 0 Å². The third-order valence-corrected chi connectivity index (χ3v) is 8.57. The van der Waals surface area contributed by atoms with Crippen molar-refractivity contribution in [2.75, 3.05) is 28.4 Å². The van der Waals surface area contributed by atoms with E-state index in [2.05, 4.69) is 16.7 Å². The lowest BCUT2D eigenvalue weighted by molar-refractivity contribution is -0.129. The molecule has 0 radical (unpaired) electrons. The summed E-state index contributed by atoms with van der Waals surface area (Å²) in [6.45, 7) is 7.93. The highest BCUT2D eigenvalue weighted by molar-refractivity contribution is 7.91. The van der Waals surface area contributed by atoms with Gasteiger partial charge < -0.3 is 20.4 Å². The monoisotopic (exact) mass is 639 g/mol. The molecule has 0 bridgehead atoms. The van der Waals surface area contributed by atoms with Crippen molar-refractivity contribution in [1.82, 2.24) is 10.6 Å². The van der Waals surface area contributed by atoms with E-state index in [1.54, 1.807) is 19.1 Å². The molecule has 2 N–H and O–H groups in total. The first kappa shape index (κ1) is 34.5. The first-order valence-electron chi connectivity index (χ1n) is 14.3. The minimum atomic E-state index is -3.75. The Balaban J connectivity index is 0.00000529. The molecule has 1 unspecified atom stereocenters. The largest absolute Gasteiger partial charge is 0.341 e. The number of rotatable bonds is 9. The number of sulfone groups is 1. The van der Waals surface area contributed by atoms with E-state index in [1.807, 2.05) is 57.2 Å². The fourth-order valence-electron chi connectivity index (χ4n) is 5.61. The molecule has 0 saturated carbocycles. The van der Waals surface area contributed by atoms with Crippen molar-refractivity contribution < 1.29 is 22.8 Å². The molecule has 3 atom stereocenters. The van der Waals surface area contributed by atoms with Crippen LogP contribution in [0.2, 0.25) is 0 Å². The van der Waals surface area contributed by atoms with Crippen LogP contribution in [-0.2, 0) is 30.8 Å². The SMILES string of the molecule is CCNC(CC)C(=O)N[C@@H]1C(=O)N(Cc2c(C)ccc3ccccc23)c2ccc(C#N)cc2N(C(=O)CS(C)(=O)=O)[C@H]1C.Cl. The molecule has 3 amide bonds. The fraction of sp³-hybridized carbons (Fsp3) is 0.375. The summed E-state index contributed by atoms with van der Waals surface area (Å²) in [4.78, 5) is 44.4. The Labute approximate surface area is 264 Å². The summed E-state index contributed by atoms with van der Waals surface area (Å²) in [5, 5.41) is 17.6. The smallest absolute Gasteiger partial charge is 0.252 e. The number of carbonyl (C=O) groups excluding carboxylic acids is 3. The van der Waals surface area contributed by atoms with Crippen molar-refractivity contribution in [2.45, 2.75) is 58.8 Å². The van der Waals surface area contributed by atoms with Gasteiger partial charge in [0.05, 0.1) is 41.6 Å². The Kier molecular flexibility index (Phi) is 11.1. The van der Waals surface area contributed by atoms with Crippen LogP contribution in [0.25, 0.3) is 10.8 Å². The van der Waals surface area contributed by atoms with Crippen LogP contribution >= 0.6 is 12.4 Å². The van der Waals surface area contributed by atoms with Crippen LogP contribution < -0.4 is 20.4 Å². The summed E-state index contributed by atoms with van der Waals surface area (Å²) in [5.41, 5.74) is 2.62. The van der Waals surface area contributed by atoms with Crippen molar-refractivity contribution in [2.24, 2.45) is 0 Å². The summed E-state index contributed by atoms with van der Waals surface area (Å²) in [7, 11) is -3.75. The van der Waals surface area contributed by atoms with Gasteiger partial charge in [0.2, 0.25) is 11.8 Å². The Morgan fingerprint density at radius 1 is 1.07 bits per heavy atom. The number of anilines is 2. The molecule has 1 heterocycles. The Bertz CT molecular complexity index is 1720. The number of fused-ring (bicyclic) bond motifs is 2. The second kappa shape index (κ2) is 14.2. The van der Waals surface area contributed by atoms with Crippen molar-refractivity contribution in [3.8, 4) is 6.07 Å². The lowest BCUT2D eigenvalue weighted by Crippen LogP contribution is -2.60. The van der Waals surface area contributed by atoms with Gasteiger partial charge >= 0.3 is 0 Å². The molecule has 0 fully saturated rings. The van der Waals surface area contributed by atoms with Crippen molar-refractivity contribution in [3.63, 3.8) is 0 Å². The molecular formula is C32H38ClN5O5S. The van der Waals surface area contributed by atoms with Gasteiger partial charge in [-0.15, -0.1) is 12.4 Å². The van der Waals surface area contributed by atoms with Crippen molar-refractivity contribution >= 4 is 62.1 Å². The van der Waals surface area contributed by atoms with E-state index in [4.69, 9.17) is 0 Å². The maximum atomic E-state index is 14.6. The minimum absolute atomic E-state index is 0. The molecular weight excluding hydrogens is 602 g/mol. The predicted octanol–water partition coefficient (Wildman–Crippen LogP) is 3.63. The van der Waals surface area contributed by atoms with Gasteiger partial charge in [-0.3, -0.25) is 14.4 Å². The maximum Gasteiger partial charge on any atom is 0.252 e. The average molecular weight is 640 g/mol. The number of hydrogen-bond donors (Lipinski definition) is 2. The summed E-state index contributed by atoms with van der Waals surface area (Å²) in [6, 6.07) is 15.7.